The number of para-hydroxylation sites is 1. The maximum atomic E-state index is 13.1. The van der Waals surface area contributed by atoms with Crippen LogP contribution in [0.15, 0.2) is 62.8 Å². The zero-order chi connectivity index (χ0) is 19.4. The molecule has 0 bridgehead atoms. The highest BCUT2D eigenvalue weighted by atomic mass is 79.9. The van der Waals surface area contributed by atoms with Gasteiger partial charge < -0.3 is 9.73 Å². The van der Waals surface area contributed by atoms with E-state index in [1.165, 1.54) is 12.3 Å². The van der Waals surface area contributed by atoms with Crippen molar-refractivity contribution in [1.82, 2.24) is 9.97 Å². The molecule has 0 saturated heterocycles. The number of thioether (sulfide) groups is 1. The first kappa shape index (κ1) is 19.4. The van der Waals surface area contributed by atoms with E-state index in [0.29, 0.717) is 10.2 Å². The third kappa shape index (κ3) is 5.10. The summed E-state index contributed by atoms with van der Waals surface area (Å²) in [4.78, 5) is 19.6. The summed E-state index contributed by atoms with van der Waals surface area (Å²) in [6.07, 6.45) is -3.31. The van der Waals surface area contributed by atoms with E-state index >= 15 is 0 Å². The molecule has 0 saturated carbocycles. The second kappa shape index (κ2) is 8.13. The van der Waals surface area contributed by atoms with Crippen LogP contribution in [0, 0.1) is 0 Å². The minimum atomic E-state index is -4.64. The Balaban J connectivity index is 1.77. The van der Waals surface area contributed by atoms with E-state index in [0.717, 1.165) is 17.8 Å². The van der Waals surface area contributed by atoms with Crippen LogP contribution in [0.25, 0.3) is 11.5 Å². The average Bonchev–Trinajstić information content (AvgIpc) is 3.16. The van der Waals surface area contributed by atoms with E-state index in [1.807, 2.05) is 0 Å². The number of aromatic nitrogens is 2. The maximum absolute atomic E-state index is 13.1. The van der Waals surface area contributed by atoms with E-state index in [1.54, 1.807) is 30.3 Å². The molecule has 0 atom stereocenters. The molecular formula is C17H11BrF3N3O2S. The number of carbonyl (C=O) groups excluding carboxylic acids is 1. The van der Waals surface area contributed by atoms with E-state index in [4.69, 9.17) is 4.42 Å². The first-order valence-corrected chi connectivity index (χ1v) is 9.28. The van der Waals surface area contributed by atoms with Gasteiger partial charge in [0.1, 0.15) is 11.4 Å². The molecule has 0 aliphatic rings. The molecule has 2 heterocycles. The summed E-state index contributed by atoms with van der Waals surface area (Å²) in [5.74, 6) is -0.366. The van der Waals surface area contributed by atoms with Gasteiger partial charge in [-0.2, -0.15) is 13.2 Å². The summed E-state index contributed by atoms with van der Waals surface area (Å²) in [7, 11) is 0. The number of nitrogens with one attached hydrogen (secondary N) is 1. The third-order valence-electron chi connectivity index (χ3n) is 3.25. The van der Waals surface area contributed by atoms with Crippen molar-refractivity contribution in [3.05, 3.63) is 58.9 Å². The molecule has 0 aliphatic carbocycles. The molecule has 10 heteroatoms. The molecule has 140 valence electrons. The Bertz CT molecular complexity index is 949. The second-order valence-corrected chi connectivity index (χ2v) is 7.01. The molecule has 0 aliphatic heterocycles. The summed E-state index contributed by atoms with van der Waals surface area (Å²) in [5.41, 5.74) is -0.544. The zero-order valence-corrected chi connectivity index (χ0v) is 15.9. The first-order chi connectivity index (χ1) is 12.8. The lowest BCUT2D eigenvalue weighted by atomic mass is 10.2. The Kier molecular flexibility index (Phi) is 5.85. The van der Waals surface area contributed by atoms with Gasteiger partial charge in [-0.1, -0.05) is 23.9 Å². The number of rotatable bonds is 5. The Hall–Kier alpha value is -2.33. The number of amides is 1. The molecular weight excluding hydrogens is 447 g/mol. The molecule has 2 aromatic heterocycles. The molecule has 1 aromatic carbocycles. The van der Waals surface area contributed by atoms with Crippen molar-refractivity contribution in [1.29, 1.82) is 0 Å². The molecule has 0 unspecified atom stereocenters. The predicted octanol–water partition coefficient (Wildman–Crippen LogP) is 5.25. The quantitative estimate of drug-likeness (QED) is 0.418. The minimum Gasteiger partial charge on any atom is -0.463 e. The highest BCUT2D eigenvalue weighted by molar-refractivity contribution is 9.10. The SMILES string of the molecule is O=C(CSc1nc(-c2ccco2)cc(C(F)(F)F)n1)Nc1ccccc1Br. The number of hydrogen-bond donors (Lipinski definition) is 1. The highest BCUT2D eigenvalue weighted by Crippen LogP contribution is 2.32. The summed E-state index contributed by atoms with van der Waals surface area (Å²) < 4.78 is 45.1. The largest absolute Gasteiger partial charge is 0.463 e. The monoisotopic (exact) mass is 457 g/mol. The van der Waals surface area contributed by atoms with Crippen molar-refractivity contribution in [2.45, 2.75) is 11.3 Å². The molecule has 3 aromatic rings. The van der Waals surface area contributed by atoms with Crippen LogP contribution in [0.3, 0.4) is 0 Å². The lowest BCUT2D eigenvalue weighted by Crippen LogP contribution is -2.15. The second-order valence-electron chi connectivity index (χ2n) is 5.21. The number of anilines is 1. The van der Waals surface area contributed by atoms with Crippen LogP contribution >= 0.6 is 27.7 Å². The normalized spacial score (nSPS) is 11.4. The molecule has 5 nitrogen and oxygen atoms in total. The van der Waals surface area contributed by atoms with Crippen molar-refractivity contribution in [3.8, 4) is 11.5 Å². The van der Waals surface area contributed by atoms with E-state index < -0.39 is 17.8 Å². The maximum Gasteiger partial charge on any atom is 0.433 e. The molecule has 0 spiro atoms. The lowest BCUT2D eigenvalue weighted by molar-refractivity contribution is -0.141. The third-order valence-corrected chi connectivity index (χ3v) is 4.79. The van der Waals surface area contributed by atoms with Gasteiger partial charge in [0.15, 0.2) is 10.9 Å². The Labute approximate surface area is 164 Å². The number of nitrogens with zero attached hydrogens (tertiary/aromatic N) is 2. The number of benzene rings is 1. The van der Waals surface area contributed by atoms with Crippen molar-refractivity contribution in [2.75, 3.05) is 11.1 Å². The van der Waals surface area contributed by atoms with Gasteiger partial charge in [0.25, 0.3) is 0 Å². The van der Waals surface area contributed by atoms with Gasteiger partial charge in [-0.05, 0) is 46.3 Å². The van der Waals surface area contributed by atoms with Crippen molar-refractivity contribution in [3.63, 3.8) is 0 Å². The number of carbonyl (C=O) groups is 1. The molecule has 3 rings (SSSR count). The molecule has 0 fully saturated rings. The zero-order valence-electron chi connectivity index (χ0n) is 13.5. The Morgan fingerprint density at radius 2 is 1.96 bits per heavy atom. The molecule has 0 radical (unpaired) electrons. The van der Waals surface area contributed by atoms with Gasteiger partial charge in [0.2, 0.25) is 5.91 Å². The van der Waals surface area contributed by atoms with Gasteiger partial charge in [-0.25, -0.2) is 9.97 Å². The Morgan fingerprint density at radius 1 is 1.19 bits per heavy atom. The standard InChI is InChI=1S/C17H11BrF3N3O2S/c18-10-4-1-2-5-11(10)22-15(25)9-27-16-23-12(13-6-3-7-26-13)8-14(24-16)17(19,20)21/h1-8H,9H2,(H,22,25). The van der Waals surface area contributed by atoms with E-state index in [-0.39, 0.29) is 22.4 Å². The van der Waals surface area contributed by atoms with Crippen molar-refractivity contribution >= 4 is 39.3 Å². The van der Waals surface area contributed by atoms with Gasteiger partial charge in [-0.15, -0.1) is 0 Å². The van der Waals surface area contributed by atoms with Crippen LogP contribution in [0.1, 0.15) is 5.69 Å². The van der Waals surface area contributed by atoms with E-state index in [9.17, 15) is 18.0 Å². The van der Waals surface area contributed by atoms with Crippen molar-refractivity contribution in [2.24, 2.45) is 0 Å². The predicted molar refractivity (Wildman–Crippen MR) is 98.2 cm³/mol. The molecule has 1 amide bonds. The smallest absolute Gasteiger partial charge is 0.433 e. The van der Waals surface area contributed by atoms with Crippen LogP contribution in [-0.4, -0.2) is 21.6 Å². The average molecular weight is 458 g/mol. The fourth-order valence-corrected chi connectivity index (χ4v) is 3.11. The van der Waals surface area contributed by atoms with Crippen LogP contribution in [0.2, 0.25) is 0 Å². The van der Waals surface area contributed by atoms with Crippen LogP contribution < -0.4 is 5.32 Å². The Morgan fingerprint density at radius 3 is 2.63 bits per heavy atom. The fourth-order valence-electron chi connectivity index (χ4n) is 2.06. The van der Waals surface area contributed by atoms with Gasteiger partial charge in [0, 0.05) is 4.47 Å². The number of halogens is 4. The molecule has 27 heavy (non-hydrogen) atoms. The van der Waals surface area contributed by atoms with Gasteiger partial charge in [0.05, 0.1) is 17.7 Å². The number of hydrogen-bond acceptors (Lipinski definition) is 5. The van der Waals surface area contributed by atoms with Crippen LogP contribution in [0.5, 0.6) is 0 Å². The summed E-state index contributed by atoms with van der Waals surface area (Å²) >= 11 is 4.11. The summed E-state index contributed by atoms with van der Waals surface area (Å²) in [6, 6.07) is 10.8. The van der Waals surface area contributed by atoms with Crippen LogP contribution in [-0.2, 0) is 11.0 Å². The van der Waals surface area contributed by atoms with E-state index in [2.05, 4.69) is 31.2 Å². The number of alkyl halides is 3. The van der Waals surface area contributed by atoms with Gasteiger partial charge >= 0.3 is 6.18 Å². The van der Waals surface area contributed by atoms with Gasteiger partial charge in [-0.3, -0.25) is 4.79 Å². The first-order valence-electron chi connectivity index (χ1n) is 7.50. The van der Waals surface area contributed by atoms with Crippen molar-refractivity contribution < 1.29 is 22.4 Å². The summed E-state index contributed by atoms with van der Waals surface area (Å²) in [6.45, 7) is 0. The minimum absolute atomic E-state index is 0.00367. The fraction of sp³-hybridized carbons (Fsp3) is 0.118. The number of furan rings is 1. The topological polar surface area (TPSA) is 68.0 Å². The summed E-state index contributed by atoms with van der Waals surface area (Å²) in [5, 5.41) is 2.50. The molecule has 1 N–H and O–H groups in total. The lowest BCUT2D eigenvalue weighted by Gasteiger charge is -2.10. The highest BCUT2D eigenvalue weighted by Gasteiger charge is 2.34. The van der Waals surface area contributed by atoms with Crippen LogP contribution in [0.4, 0.5) is 18.9 Å².